The summed E-state index contributed by atoms with van der Waals surface area (Å²) in [5.74, 6) is 1.37. The number of aromatic nitrogens is 1. The zero-order chi connectivity index (χ0) is 12.3. The van der Waals surface area contributed by atoms with Gasteiger partial charge in [0.1, 0.15) is 5.82 Å². The molecule has 2 aromatic rings. The van der Waals surface area contributed by atoms with Gasteiger partial charge in [-0.3, -0.25) is 0 Å². The number of hydrogen-bond donors (Lipinski definition) is 1. The first-order valence-electron chi connectivity index (χ1n) is 5.24. The number of halogens is 2. The van der Waals surface area contributed by atoms with Crippen molar-refractivity contribution < 1.29 is 0 Å². The molecule has 0 aliphatic carbocycles. The molecule has 0 aliphatic heterocycles. The van der Waals surface area contributed by atoms with Crippen molar-refractivity contribution in [1.29, 1.82) is 0 Å². The topological polar surface area (TPSA) is 24.9 Å². The van der Waals surface area contributed by atoms with E-state index in [9.17, 15) is 0 Å². The molecule has 0 radical (unpaired) electrons. The maximum absolute atomic E-state index is 5.74. The van der Waals surface area contributed by atoms with E-state index < -0.39 is 0 Å². The molecule has 0 fully saturated rings. The molecule has 0 aliphatic rings. The van der Waals surface area contributed by atoms with Crippen molar-refractivity contribution in [3.8, 4) is 0 Å². The predicted octanol–water partition coefficient (Wildman–Crippen LogP) is 4.63. The van der Waals surface area contributed by atoms with Crippen molar-refractivity contribution in [2.24, 2.45) is 0 Å². The monoisotopic (exact) mass is 310 g/mol. The van der Waals surface area contributed by atoms with Gasteiger partial charge in [-0.25, -0.2) is 4.98 Å². The van der Waals surface area contributed by atoms with Gasteiger partial charge in [0.2, 0.25) is 0 Å². The molecular weight excluding hydrogens is 300 g/mol. The quantitative estimate of drug-likeness (QED) is 0.836. The number of pyridine rings is 1. The molecular formula is C13H12BrClN2. The minimum absolute atomic E-state index is 0.538. The Hall–Kier alpha value is -1.06. The molecule has 0 atom stereocenters. The maximum Gasteiger partial charge on any atom is 0.130 e. The van der Waals surface area contributed by atoms with Crippen LogP contribution >= 0.6 is 27.5 Å². The van der Waals surface area contributed by atoms with Crippen LogP contribution in [-0.4, -0.2) is 4.98 Å². The molecule has 1 aromatic heterocycles. The van der Waals surface area contributed by atoms with E-state index in [0.29, 0.717) is 5.88 Å². The van der Waals surface area contributed by atoms with E-state index in [0.717, 1.165) is 27.2 Å². The Balaban J connectivity index is 2.16. The van der Waals surface area contributed by atoms with Crippen molar-refractivity contribution in [3.63, 3.8) is 0 Å². The van der Waals surface area contributed by atoms with Gasteiger partial charge < -0.3 is 5.32 Å². The Morgan fingerprint density at radius 2 is 1.88 bits per heavy atom. The summed E-state index contributed by atoms with van der Waals surface area (Å²) in [5, 5.41) is 3.25. The second kappa shape index (κ2) is 5.52. The van der Waals surface area contributed by atoms with E-state index in [1.54, 1.807) is 0 Å². The smallest absolute Gasteiger partial charge is 0.130 e. The molecule has 0 unspecified atom stereocenters. The first kappa shape index (κ1) is 12.4. The number of nitrogens with one attached hydrogen (secondary N) is 1. The maximum atomic E-state index is 5.74. The number of nitrogens with zero attached hydrogens (tertiary/aromatic N) is 1. The van der Waals surface area contributed by atoms with Crippen LogP contribution in [0, 0.1) is 6.92 Å². The standard InChI is InChI=1S/C13H12BrClN2/c1-9-12(14)6-7-13(16-9)17-11-4-2-10(8-15)3-5-11/h2-7H,8H2,1H3,(H,16,17). The van der Waals surface area contributed by atoms with Gasteiger partial charge in [-0.15, -0.1) is 11.6 Å². The van der Waals surface area contributed by atoms with E-state index in [-0.39, 0.29) is 0 Å². The summed E-state index contributed by atoms with van der Waals surface area (Å²) in [6.45, 7) is 1.96. The average Bonchev–Trinajstić information content (AvgIpc) is 2.35. The highest BCUT2D eigenvalue weighted by atomic mass is 79.9. The summed E-state index contributed by atoms with van der Waals surface area (Å²) in [6, 6.07) is 11.9. The molecule has 4 heteroatoms. The third kappa shape index (κ3) is 3.20. The molecule has 1 aromatic carbocycles. The summed E-state index contributed by atoms with van der Waals surface area (Å²) >= 11 is 9.17. The van der Waals surface area contributed by atoms with Crippen LogP contribution in [0.5, 0.6) is 0 Å². The fraction of sp³-hybridized carbons (Fsp3) is 0.154. The molecule has 0 saturated carbocycles. The minimum atomic E-state index is 0.538. The summed E-state index contributed by atoms with van der Waals surface area (Å²) in [7, 11) is 0. The van der Waals surface area contributed by atoms with Crippen molar-refractivity contribution in [2.75, 3.05) is 5.32 Å². The van der Waals surface area contributed by atoms with E-state index in [2.05, 4.69) is 26.2 Å². The number of aryl methyl sites for hydroxylation is 1. The highest BCUT2D eigenvalue weighted by molar-refractivity contribution is 9.10. The van der Waals surface area contributed by atoms with Gasteiger partial charge >= 0.3 is 0 Å². The predicted molar refractivity (Wildman–Crippen MR) is 76.0 cm³/mol. The van der Waals surface area contributed by atoms with E-state index >= 15 is 0 Å². The Kier molecular flexibility index (Phi) is 4.02. The van der Waals surface area contributed by atoms with Crippen LogP contribution in [0.15, 0.2) is 40.9 Å². The van der Waals surface area contributed by atoms with Crippen LogP contribution in [0.25, 0.3) is 0 Å². The lowest BCUT2D eigenvalue weighted by Gasteiger charge is -2.07. The van der Waals surface area contributed by atoms with Gasteiger partial charge in [0.05, 0.1) is 5.69 Å². The lowest BCUT2D eigenvalue weighted by Crippen LogP contribution is -1.95. The molecule has 88 valence electrons. The molecule has 2 rings (SSSR count). The summed E-state index contributed by atoms with van der Waals surface area (Å²) in [4.78, 5) is 4.43. The molecule has 1 heterocycles. The van der Waals surface area contributed by atoms with Gasteiger partial charge in [0.15, 0.2) is 0 Å². The van der Waals surface area contributed by atoms with E-state index in [4.69, 9.17) is 11.6 Å². The summed E-state index contributed by atoms with van der Waals surface area (Å²) in [5.41, 5.74) is 3.08. The van der Waals surface area contributed by atoms with Crippen LogP contribution in [0.1, 0.15) is 11.3 Å². The number of hydrogen-bond acceptors (Lipinski definition) is 2. The van der Waals surface area contributed by atoms with Gasteiger partial charge in [0.25, 0.3) is 0 Å². The zero-order valence-corrected chi connectivity index (χ0v) is 11.7. The number of anilines is 2. The first-order valence-corrected chi connectivity index (χ1v) is 6.57. The SMILES string of the molecule is Cc1nc(Nc2ccc(CCl)cc2)ccc1Br. The molecule has 1 N–H and O–H groups in total. The molecule has 0 spiro atoms. The van der Waals surface area contributed by atoms with Crippen molar-refractivity contribution in [3.05, 3.63) is 52.1 Å². The van der Waals surface area contributed by atoms with Crippen LogP contribution in [-0.2, 0) is 5.88 Å². The second-order valence-corrected chi connectivity index (χ2v) is 4.84. The molecule has 2 nitrogen and oxygen atoms in total. The van der Waals surface area contributed by atoms with Gasteiger partial charge in [0, 0.05) is 16.0 Å². The number of alkyl halides is 1. The minimum Gasteiger partial charge on any atom is -0.340 e. The van der Waals surface area contributed by atoms with E-state index in [1.165, 1.54) is 0 Å². The molecule has 0 amide bonds. The Labute approximate surface area is 114 Å². The van der Waals surface area contributed by atoms with Gasteiger partial charge in [-0.05, 0) is 52.7 Å². The van der Waals surface area contributed by atoms with Crippen LogP contribution in [0.2, 0.25) is 0 Å². The fourth-order valence-electron chi connectivity index (χ4n) is 1.44. The summed E-state index contributed by atoms with van der Waals surface area (Å²) < 4.78 is 1.01. The lowest BCUT2D eigenvalue weighted by molar-refractivity contribution is 1.18. The Bertz CT molecular complexity index is 511. The molecule has 17 heavy (non-hydrogen) atoms. The third-order valence-corrected chi connectivity index (χ3v) is 3.55. The normalized spacial score (nSPS) is 10.3. The Morgan fingerprint density at radius 3 is 2.47 bits per heavy atom. The third-order valence-electron chi connectivity index (χ3n) is 2.40. The number of benzene rings is 1. The molecule has 0 saturated heterocycles. The van der Waals surface area contributed by atoms with E-state index in [1.807, 2.05) is 43.3 Å². The largest absolute Gasteiger partial charge is 0.340 e. The van der Waals surface area contributed by atoms with Crippen molar-refractivity contribution in [2.45, 2.75) is 12.8 Å². The molecule has 0 bridgehead atoms. The van der Waals surface area contributed by atoms with Gasteiger partial charge in [-0.1, -0.05) is 12.1 Å². The van der Waals surface area contributed by atoms with Crippen LogP contribution < -0.4 is 5.32 Å². The van der Waals surface area contributed by atoms with Gasteiger partial charge in [-0.2, -0.15) is 0 Å². The highest BCUT2D eigenvalue weighted by Crippen LogP contribution is 2.20. The van der Waals surface area contributed by atoms with Crippen molar-refractivity contribution >= 4 is 39.0 Å². The average molecular weight is 312 g/mol. The first-order chi connectivity index (χ1) is 8.19. The summed E-state index contributed by atoms with van der Waals surface area (Å²) in [6.07, 6.45) is 0. The van der Waals surface area contributed by atoms with Crippen LogP contribution in [0.4, 0.5) is 11.5 Å². The van der Waals surface area contributed by atoms with Crippen LogP contribution in [0.3, 0.4) is 0 Å². The number of rotatable bonds is 3. The lowest BCUT2D eigenvalue weighted by atomic mass is 10.2. The fourth-order valence-corrected chi connectivity index (χ4v) is 1.84. The second-order valence-electron chi connectivity index (χ2n) is 3.72. The Morgan fingerprint density at radius 1 is 1.18 bits per heavy atom. The van der Waals surface area contributed by atoms with Crippen molar-refractivity contribution in [1.82, 2.24) is 4.98 Å². The zero-order valence-electron chi connectivity index (χ0n) is 9.37. The highest BCUT2D eigenvalue weighted by Gasteiger charge is 1.99.